The standard InChI is InChI=1S/C6H11F3N/c1-5(3-4-10-2)6(7,8)9/h5,10H,2-4H2,1H3. The molecule has 0 bridgehead atoms. The molecular formula is C6H11F3N. The summed E-state index contributed by atoms with van der Waals surface area (Å²) in [4.78, 5) is 0. The molecular weight excluding hydrogens is 143 g/mol. The van der Waals surface area contributed by atoms with Crippen LogP contribution in [0, 0.1) is 13.0 Å². The SMILES string of the molecule is [CH2]NCCC(C)C(F)(F)F. The molecule has 1 radical (unpaired) electrons. The maximum atomic E-state index is 11.7. The Balaban J connectivity index is 3.52. The molecule has 1 N–H and O–H groups in total. The molecule has 0 aromatic heterocycles. The molecule has 0 aromatic carbocycles. The van der Waals surface area contributed by atoms with Gasteiger partial charge in [-0.1, -0.05) is 6.92 Å². The third-order valence-electron chi connectivity index (χ3n) is 1.31. The first-order valence-electron chi connectivity index (χ1n) is 3.05. The second-order valence-corrected chi connectivity index (χ2v) is 2.23. The van der Waals surface area contributed by atoms with Gasteiger partial charge in [-0.2, -0.15) is 13.2 Å². The normalized spacial score (nSPS) is 15.3. The number of hydrogen-bond acceptors (Lipinski definition) is 1. The summed E-state index contributed by atoms with van der Waals surface area (Å²) < 4.78 is 35.2. The van der Waals surface area contributed by atoms with E-state index in [0.29, 0.717) is 6.54 Å². The lowest BCUT2D eigenvalue weighted by atomic mass is 10.1. The fourth-order valence-corrected chi connectivity index (χ4v) is 0.482. The summed E-state index contributed by atoms with van der Waals surface area (Å²) in [5.74, 6) is -1.23. The Morgan fingerprint density at radius 2 is 2.00 bits per heavy atom. The fourth-order valence-electron chi connectivity index (χ4n) is 0.482. The van der Waals surface area contributed by atoms with Crippen LogP contribution in [-0.4, -0.2) is 12.7 Å². The zero-order chi connectivity index (χ0) is 8.20. The molecule has 0 aliphatic heterocycles. The second-order valence-electron chi connectivity index (χ2n) is 2.23. The Kier molecular flexibility index (Phi) is 3.71. The number of nitrogens with one attached hydrogen (secondary N) is 1. The first-order valence-corrected chi connectivity index (χ1v) is 3.05. The van der Waals surface area contributed by atoms with Crippen LogP contribution >= 0.6 is 0 Å². The predicted octanol–water partition coefficient (Wildman–Crippen LogP) is 1.96. The molecule has 0 heterocycles. The van der Waals surface area contributed by atoms with Gasteiger partial charge in [0.1, 0.15) is 0 Å². The van der Waals surface area contributed by atoms with Crippen LogP contribution in [0.3, 0.4) is 0 Å². The smallest absolute Gasteiger partial charge is 0.315 e. The Labute approximate surface area is 58.6 Å². The van der Waals surface area contributed by atoms with Crippen LogP contribution in [0.25, 0.3) is 0 Å². The van der Waals surface area contributed by atoms with Gasteiger partial charge in [0.25, 0.3) is 0 Å². The molecule has 0 spiro atoms. The van der Waals surface area contributed by atoms with Crippen LogP contribution in [0.15, 0.2) is 0 Å². The molecule has 0 fully saturated rings. The Bertz CT molecular complexity index is 89.5. The van der Waals surface area contributed by atoms with E-state index < -0.39 is 12.1 Å². The van der Waals surface area contributed by atoms with E-state index >= 15 is 0 Å². The monoisotopic (exact) mass is 154 g/mol. The van der Waals surface area contributed by atoms with Gasteiger partial charge < -0.3 is 5.32 Å². The third-order valence-corrected chi connectivity index (χ3v) is 1.31. The summed E-state index contributed by atoms with van der Waals surface area (Å²) in [5, 5.41) is 2.42. The van der Waals surface area contributed by atoms with Gasteiger partial charge in [-0.25, -0.2) is 0 Å². The summed E-state index contributed by atoms with van der Waals surface area (Å²) in [6, 6.07) is 0. The summed E-state index contributed by atoms with van der Waals surface area (Å²) in [7, 11) is 3.22. The van der Waals surface area contributed by atoms with Crippen LogP contribution in [0.5, 0.6) is 0 Å². The second kappa shape index (κ2) is 3.81. The zero-order valence-electron chi connectivity index (χ0n) is 5.83. The summed E-state index contributed by atoms with van der Waals surface area (Å²) in [6.45, 7) is 1.47. The Morgan fingerprint density at radius 3 is 2.30 bits per heavy atom. The lowest BCUT2D eigenvalue weighted by molar-refractivity contribution is -0.170. The third kappa shape index (κ3) is 3.71. The van der Waals surface area contributed by atoms with Crippen molar-refractivity contribution < 1.29 is 13.2 Å². The molecule has 0 amide bonds. The minimum atomic E-state index is -4.06. The van der Waals surface area contributed by atoms with Crippen molar-refractivity contribution in [3.63, 3.8) is 0 Å². The highest BCUT2D eigenvalue weighted by Crippen LogP contribution is 2.27. The van der Waals surface area contributed by atoms with Gasteiger partial charge in [0.05, 0.1) is 5.92 Å². The van der Waals surface area contributed by atoms with E-state index in [0.717, 1.165) is 6.92 Å². The van der Waals surface area contributed by atoms with Crippen LogP contribution in [-0.2, 0) is 0 Å². The minimum Gasteiger partial charge on any atom is -0.315 e. The summed E-state index contributed by atoms with van der Waals surface area (Å²) >= 11 is 0. The van der Waals surface area contributed by atoms with Crippen molar-refractivity contribution in [2.75, 3.05) is 6.54 Å². The van der Waals surface area contributed by atoms with Crippen molar-refractivity contribution in [1.29, 1.82) is 0 Å². The largest absolute Gasteiger partial charge is 0.391 e. The van der Waals surface area contributed by atoms with Crippen LogP contribution < -0.4 is 5.32 Å². The van der Waals surface area contributed by atoms with Crippen molar-refractivity contribution in [3.05, 3.63) is 7.05 Å². The Hall–Kier alpha value is -0.250. The molecule has 10 heavy (non-hydrogen) atoms. The highest BCUT2D eigenvalue weighted by Gasteiger charge is 2.34. The Morgan fingerprint density at radius 1 is 1.50 bits per heavy atom. The maximum Gasteiger partial charge on any atom is 0.391 e. The number of rotatable bonds is 3. The number of hydrogen-bond donors (Lipinski definition) is 1. The highest BCUT2D eigenvalue weighted by atomic mass is 19.4. The molecule has 0 rings (SSSR count). The quantitative estimate of drug-likeness (QED) is 0.655. The lowest BCUT2D eigenvalue weighted by Gasteiger charge is -2.14. The van der Waals surface area contributed by atoms with E-state index in [1.165, 1.54) is 0 Å². The van der Waals surface area contributed by atoms with Gasteiger partial charge in [0.2, 0.25) is 0 Å². The van der Waals surface area contributed by atoms with Crippen molar-refractivity contribution in [2.24, 2.45) is 5.92 Å². The molecule has 0 saturated heterocycles. The molecule has 1 nitrogen and oxygen atoms in total. The first kappa shape index (κ1) is 9.75. The molecule has 0 saturated carbocycles. The summed E-state index contributed by atoms with van der Waals surface area (Å²) in [5.41, 5.74) is 0. The van der Waals surface area contributed by atoms with Crippen molar-refractivity contribution in [3.8, 4) is 0 Å². The average molecular weight is 154 g/mol. The minimum absolute atomic E-state index is 0.0903. The summed E-state index contributed by atoms with van der Waals surface area (Å²) in [6.07, 6.45) is -3.97. The average Bonchev–Trinajstić information content (AvgIpc) is 1.80. The maximum absolute atomic E-state index is 11.7. The van der Waals surface area contributed by atoms with E-state index in [1.807, 2.05) is 0 Å². The molecule has 0 aliphatic rings. The number of halogens is 3. The number of alkyl halides is 3. The topological polar surface area (TPSA) is 12.0 Å². The molecule has 0 aromatic rings. The molecule has 4 heteroatoms. The lowest BCUT2D eigenvalue weighted by Crippen LogP contribution is -2.23. The van der Waals surface area contributed by atoms with E-state index in [4.69, 9.17) is 0 Å². The van der Waals surface area contributed by atoms with Crippen molar-refractivity contribution in [2.45, 2.75) is 19.5 Å². The van der Waals surface area contributed by atoms with Crippen LogP contribution in [0.4, 0.5) is 13.2 Å². The van der Waals surface area contributed by atoms with Crippen molar-refractivity contribution >= 4 is 0 Å². The molecule has 61 valence electrons. The van der Waals surface area contributed by atoms with E-state index in [-0.39, 0.29) is 6.42 Å². The molecule has 1 atom stereocenters. The highest BCUT2D eigenvalue weighted by molar-refractivity contribution is 4.62. The van der Waals surface area contributed by atoms with Gasteiger partial charge >= 0.3 is 6.18 Å². The van der Waals surface area contributed by atoms with Gasteiger partial charge in [-0.3, -0.25) is 0 Å². The zero-order valence-corrected chi connectivity index (χ0v) is 5.83. The predicted molar refractivity (Wildman–Crippen MR) is 33.2 cm³/mol. The van der Waals surface area contributed by atoms with E-state index in [1.54, 1.807) is 0 Å². The van der Waals surface area contributed by atoms with Crippen molar-refractivity contribution in [1.82, 2.24) is 5.32 Å². The van der Waals surface area contributed by atoms with Gasteiger partial charge in [0, 0.05) is 7.05 Å². The van der Waals surface area contributed by atoms with Gasteiger partial charge in [0.15, 0.2) is 0 Å². The fraction of sp³-hybridized carbons (Fsp3) is 0.833. The molecule has 1 unspecified atom stereocenters. The van der Waals surface area contributed by atoms with Gasteiger partial charge in [-0.15, -0.1) is 0 Å². The van der Waals surface area contributed by atoms with E-state index in [9.17, 15) is 13.2 Å². The van der Waals surface area contributed by atoms with Gasteiger partial charge in [-0.05, 0) is 13.0 Å². The van der Waals surface area contributed by atoms with Crippen LogP contribution in [0.1, 0.15) is 13.3 Å². The first-order chi connectivity index (χ1) is 4.48. The van der Waals surface area contributed by atoms with Crippen LogP contribution in [0.2, 0.25) is 0 Å². The molecule has 0 aliphatic carbocycles. The van der Waals surface area contributed by atoms with E-state index in [2.05, 4.69) is 12.4 Å².